The molecule has 1 aromatic carbocycles. The normalized spacial score (nSPS) is 21.7. The van der Waals surface area contributed by atoms with Gasteiger partial charge in [-0.1, -0.05) is 18.2 Å². The number of amides is 1. The van der Waals surface area contributed by atoms with Gasteiger partial charge < -0.3 is 15.2 Å². The zero-order chi connectivity index (χ0) is 17.2. The van der Waals surface area contributed by atoms with Crippen molar-refractivity contribution >= 4 is 16.8 Å². The SMILES string of the molecule is Cc1cccc2c(CCN[C@@H]3CCC(=O)N(CC4CC4)CC3)c[nH]c12. The van der Waals surface area contributed by atoms with E-state index in [1.165, 1.54) is 34.9 Å². The van der Waals surface area contributed by atoms with Crippen LogP contribution in [0.1, 0.15) is 43.2 Å². The molecule has 2 heterocycles. The van der Waals surface area contributed by atoms with Crippen LogP contribution in [0.3, 0.4) is 0 Å². The number of aromatic amines is 1. The number of likely N-dealkylation sites (tertiary alicyclic amines) is 1. The molecule has 134 valence electrons. The Morgan fingerprint density at radius 2 is 2.12 bits per heavy atom. The highest BCUT2D eigenvalue weighted by Crippen LogP contribution is 2.30. The molecule has 0 spiro atoms. The summed E-state index contributed by atoms with van der Waals surface area (Å²) in [6, 6.07) is 6.96. The number of aromatic nitrogens is 1. The summed E-state index contributed by atoms with van der Waals surface area (Å²) in [6.45, 7) is 5.05. The van der Waals surface area contributed by atoms with Gasteiger partial charge in [-0.15, -0.1) is 0 Å². The van der Waals surface area contributed by atoms with E-state index < -0.39 is 0 Å². The number of aryl methyl sites for hydroxylation is 1. The lowest BCUT2D eigenvalue weighted by atomic mass is 10.1. The van der Waals surface area contributed by atoms with E-state index in [1.54, 1.807) is 0 Å². The minimum Gasteiger partial charge on any atom is -0.361 e. The van der Waals surface area contributed by atoms with Crippen LogP contribution in [0.25, 0.3) is 10.9 Å². The number of hydrogen-bond donors (Lipinski definition) is 2. The fourth-order valence-electron chi connectivity index (χ4n) is 4.03. The second kappa shape index (κ2) is 7.20. The summed E-state index contributed by atoms with van der Waals surface area (Å²) in [5.41, 5.74) is 3.94. The van der Waals surface area contributed by atoms with E-state index in [-0.39, 0.29) is 0 Å². The molecule has 1 saturated heterocycles. The van der Waals surface area contributed by atoms with Crippen molar-refractivity contribution in [1.29, 1.82) is 0 Å². The van der Waals surface area contributed by atoms with Crippen LogP contribution >= 0.6 is 0 Å². The van der Waals surface area contributed by atoms with Gasteiger partial charge in [0, 0.05) is 42.7 Å². The molecule has 0 radical (unpaired) electrons. The maximum Gasteiger partial charge on any atom is 0.222 e. The average Bonchev–Trinajstić information content (AvgIpc) is 3.36. The van der Waals surface area contributed by atoms with E-state index >= 15 is 0 Å². The first-order chi connectivity index (χ1) is 12.2. The molecular weight excluding hydrogens is 310 g/mol. The van der Waals surface area contributed by atoms with Gasteiger partial charge in [-0.25, -0.2) is 0 Å². The number of benzene rings is 1. The van der Waals surface area contributed by atoms with Crippen LogP contribution in [0.2, 0.25) is 0 Å². The van der Waals surface area contributed by atoms with Crippen molar-refractivity contribution < 1.29 is 4.79 Å². The molecule has 1 aliphatic heterocycles. The summed E-state index contributed by atoms with van der Waals surface area (Å²) < 4.78 is 0. The van der Waals surface area contributed by atoms with Gasteiger partial charge in [0.1, 0.15) is 0 Å². The molecule has 0 bridgehead atoms. The highest BCUT2D eigenvalue weighted by Gasteiger charge is 2.28. The third-order valence-electron chi connectivity index (χ3n) is 5.82. The molecule has 0 unspecified atom stereocenters. The van der Waals surface area contributed by atoms with Gasteiger partial charge in [0.05, 0.1) is 0 Å². The molecule has 4 rings (SSSR count). The van der Waals surface area contributed by atoms with E-state index in [4.69, 9.17) is 0 Å². The first kappa shape index (κ1) is 16.6. The van der Waals surface area contributed by atoms with Gasteiger partial charge in [-0.2, -0.15) is 0 Å². The number of nitrogens with zero attached hydrogens (tertiary/aromatic N) is 1. The highest BCUT2D eigenvalue weighted by atomic mass is 16.2. The number of fused-ring (bicyclic) bond motifs is 1. The summed E-state index contributed by atoms with van der Waals surface area (Å²) in [6.07, 6.45) is 8.58. The molecule has 2 fully saturated rings. The number of nitrogens with one attached hydrogen (secondary N) is 2. The van der Waals surface area contributed by atoms with Crippen molar-refractivity contribution in [2.75, 3.05) is 19.6 Å². The Kier molecular flexibility index (Phi) is 4.80. The van der Waals surface area contributed by atoms with Crippen LogP contribution in [0, 0.1) is 12.8 Å². The van der Waals surface area contributed by atoms with Crippen LogP contribution in [0.4, 0.5) is 0 Å². The predicted octanol–water partition coefficient (Wildman–Crippen LogP) is 3.40. The molecule has 2 aliphatic rings. The number of carbonyl (C=O) groups is 1. The predicted molar refractivity (Wildman–Crippen MR) is 102 cm³/mol. The van der Waals surface area contributed by atoms with E-state index in [0.717, 1.165) is 44.8 Å². The Balaban J connectivity index is 1.29. The van der Waals surface area contributed by atoms with Gasteiger partial charge in [-0.05, 0) is 62.6 Å². The largest absolute Gasteiger partial charge is 0.361 e. The Hall–Kier alpha value is -1.81. The molecule has 1 saturated carbocycles. The first-order valence-electron chi connectivity index (χ1n) is 9.77. The second-order valence-corrected chi connectivity index (χ2v) is 7.82. The van der Waals surface area contributed by atoms with Crippen molar-refractivity contribution in [3.63, 3.8) is 0 Å². The van der Waals surface area contributed by atoms with Crippen LogP contribution in [-0.4, -0.2) is 41.5 Å². The number of para-hydroxylation sites is 1. The Bertz CT molecular complexity index is 747. The quantitative estimate of drug-likeness (QED) is 0.847. The lowest BCUT2D eigenvalue weighted by Crippen LogP contribution is -2.34. The highest BCUT2D eigenvalue weighted by molar-refractivity contribution is 5.85. The lowest BCUT2D eigenvalue weighted by molar-refractivity contribution is -0.130. The number of hydrogen-bond acceptors (Lipinski definition) is 2. The van der Waals surface area contributed by atoms with Crippen LogP contribution in [0.15, 0.2) is 24.4 Å². The monoisotopic (exact) mass is 339 g/mol. The summed E-state index contributed by atoms with van der Waals surface area (Å²) in [4.78, 5) is 17.8. The maximum absolute atomic E-state index is 12.3. The molecular formula is C21H29N3O. The van der Waals surface area contributed by atoms with Gasteiger partial charge in [-0.3, -0.25) is 4.79 Å². The molecule has 1 aromatic heterocycles. The van der Waals surface area contributed by atoms with E-state index in [9.17, 15) is 4.79 Å². The van der Waals surface area contributed by atoms with Crippen molar-refractivity contribution in [1.82, 2.24) is 15.2 Å². The fourth-order valence-corrected chi connectivity index (χ4v) is 4.03. The minimum atomic E-state index is 0.364. The Labute approximate surface area is 150 Å². The van der Waals surface area contributed by atoms with Crippen molar-refractivity contribution in [3.8, 4) is 0 Å². The van der Waals surface area contributed by atoms with Crippen molar-refractivity contribution in [3.05, 3.63) is 35.5 Å². The molecule has 1 aliphatic carbocycles. The van der Waals surface area contributed by atoms with E-state index in [0.29, 0.717) is 18.4 Å². The summed E-state index contributed by atoms with van der Waals surface area (Å²) in [5.74, 6) is 1.15. The third kappa shape index (κ3) is 3.90. The Morgan fingerprint density at radius 1 is 1.24 bits per heavy atom. The van der Waals surface area contributed by atoms with E-state index in [1.807, 2.05) is 0 Å². The van der Waals surface area contributed by atoms with Crippen molar-refractivity contribution in [2.24, 2.45) is 5.92 Å². The lowest BCUT2D eigenvalue weighted by Gasteiger charge is -2.20. The van der Waals surface area contributed by atoms with Gasteiger partial charge >= 0.3 is 0 Å². The molecule has 1 amide bonds. The minimum absolute atomic E-state index is 0.364. The number of H-pyrrole nitrogens is 1. The van der Waals surface area contributed by atoms with Crippen LogP contribution in [0.5, 0.6) is 0 Å². The summed E-state index contributed by atoms with van der Waals surface area (Å²) in [7, 11) is 0. The third-order valence-corrected chi connectivity index (χ3v) is 5.82. The first-order valence-corrected chi connectivity index (χ1v) is 9.77. The zero-order valence-electron chi connectivity index (χ0n) is 15.2. The van der Waals surface area contributed by atoms with Gasteiger partial charge in [0.2, 0.25) is 5.91 Å². The molecule has 1 atom stereocenters. The van der Waals surface area contributed by atoms with Gasteiger partial charge in [0.15, 0.2) is 0 Å². The Morgan fingerprint density at radius 3 is 2.96 bits per heavy atom. The molecule has 2 aromatic rings. The average molecular weight is 339 g/mol. The second-order valence-electron chi connectivity index (χ2n) is 7.82. The standard InChI is InChI=1S/C21H29N3O/c1-15-3-2-4-19-17(13-23-21(15)19)9-11-22-18-7-8-20(25)24(12-10-18)14-16-5-6-16/h2-4,13,16,18,22-23H,5-12,14H2,1H3/t18-/m1/s1. The molecule has 2 N–H and O–H groups in total. The molecule has 25 heavy (non-hydrogen) atoms. The molecule has 4 heteroatoms. The van der Waals surface area contributed by atoms with Crippen LogP contribution in [-0.2, 0) is 11.2 Å². The molecule has 4 nitrogen and oxygen atoms in total. The van der Waals surface area contributed by atoms with Gasteiger partial charge in [0.25, 0.3) is 0 Å². The number of carbonyl (C=O) groups excluding carboxylic acids is 1. The van der Waals surface area contributed by atoms with Crippen LogP contribution < -0.4 is 5.32 Å². The maximum atomic E-state index is 12.3. The number of rotatable bonds is 6. The zero-order valence-corrected chi connectivity index (χ0v) is 15.2. The van der Waals surface area contributed by atoms with E-state index in [2.05, 4.69) is 46.5 Å². The summed E-state index contributed by atoms with van der Waals surface area (Å²) in [5, 5.41) is 5.04. The smallest absolute Gasteiger partial charge is 0.222 e. The fraction of sp³-hybridized carbons (Fsp3) is 0.571. The topological polar surface area (TPSA) is 48.1 Å². The van der Waals surface area contributed by atoms with Crippen molar-refractivity contribution in [2.45, 2.75) is 51.5 Å². The summed E-state index contributed by atoms with van der Waals surface area (Å²) >= 11 is 0.